The lowest BCUT2D eigenvalue weighted by molar-refractivity contribution is 0.0515. The van der Waals surface area contributed by atoms with Gasteiger partial charge in [-0.15, -0.1) is 0 Å². The summed E-state index contributed by atoms with van der Waals surface area (Å²) in [6.07, 6.45) is -0.912. The maximum Gasteiger partial charge on any atom is 0.264 e. The van der Waals surface area contributed by atoms with E-state index in [1.807, 2.05) is 30.3 Å². The van der Waals surface area contributed by atoms with Crippen LogP contribution in [0.1, 0.15) is 18.6 Å². The summed E-state index contributed by atoms with van der Waals surface area (Å²) in [5.74, 6) is 0.754. The summed E-state index contributed by atoms with van der Waals surface area (Å²) in [6.45, 7) is 1.52. The molecule has 0 aromatic heterocycles. The lowest BCUT2D eigenvalue weighted by Gasteiger charge is -2.18. The first-order valence-electron chi connectivity index (χ1n) is 6.44. The lowest BCUT2D eigenvalue weighted by Crippen LogP contribution is -2.21. The number of ether oxygens (including phenoxy) is 1. The highest BCUT2D eigenvalue weighted by Crippen LogP contribution is 2.26. The minimum atomic E-state index is -3.60. The summed E-state index contributed by atoms with van der Waals surface area (Å²) in [5, 5.41) is 12.1. The number of hydrogen-bond acceptors (Lipinski definition) is 5. The maximum absolute atomic E-state index is 11.1. The van der Waals surface area contributed by atoms with Crippen LogP contribution >= 0.6 is 0 Å². The van der Waals surface area contributed by atoms with Crippen molar-refractivity contribution in [2.24, 2.45) is 0 Å². The smallest absolute Gasteiger partial charge is 0.264 e. The van der Waals surface area contributed by atoms with Crippen LogP contribution in [0.5, 0.6) is 5.75 Å². The molecule has 0 aliphatic rings. The van der Waals surface area contributed by atoms with E-state index in [1.54, 1.807) is 13.2 Å². The van der Waals surface area contributed by atoms with Gasteiger partial charge in [0.2, 0.25) is 0 Å². The SMILES string of the molecule is COc1ccc2cc(C(O)[C@H](C)OS(C)(=O)=O)ccc2c1. The van der Waals surface area contributed by atoms with Gasteiger partial charge in [-0.3, -0.25) is 4.18 Å². The van der Waals surface area contributed by atoms with Gasteiger partial charge in [-0.1, -0.05) is 18.2 Å². The van der Waals surface area contributed by atoms with Gasteiger partial charge in [0, 0.05) is 0 Å². The maximum atomic E-state index is 11.1. The molecule has 0 aliphatic carbocycles. The Morgan fingerprint density at radius 1 is 1.10 bits per heavy atom. The van der Waals surface area contributed by atoms with Gasteiger partial charge in [-0.25, -0.2) is 0 Å². The number of benzene rings is 2. The van der Waals surface area contributed by atoms with Gasteiger partial charge in [-0.05, 0) is 41.5 Å². The molecule has 0 saturated carbocycles. The Labute approximate surface area is 124 Å². The molecule has 1 unspecified atom stereocenters. The largest absolute Gasteiger partial charge is 0.497 e. The van der Waals surface area contributed by atoms with E-state index >= 15 is 0 Å². The summed E-state index contributed by atoms with van der Waals surface area (Å²) in [5.41, 5.74) is 0.601. The van der Waals surface area contributed by atoms with Crippen LogP contribution in [-0.2, 0) is 14.3 Å². The molecule has 0 radical (unpaired) electrons. The normalized spacial score (nSPS) is 14.9. The number of methoxy groups -OCH3 is 1. The molecule has 21 heavy (non-hydrogen) atoms. The third-order valence-corrected chi connectivity index (χ3v) is 3.84. The molecule has 0 bridgehead atoms. The molecule has 0 spiro atoms. The van der Waals surface area contributed by atoms with Crippen LogP contribution in [0.15, 0.2) is 36.4 Å². The monoisotopic (exact) mass is 310 g/mol. The molecule has 2 aromatic carbocycles. The second-order valence-corrected chi connectivity index (χ2v) is 6.52. The van der Waals surface area contributed by atoms with Crippen molar-refractivity contribution in [2.45, 2.75) is 19.1 Å². The van der Waals surface area contributed by atoms with Gasteiger partial charge in [0.25, 0.3) is 10.1 Å². The van der Waals surface area contributed by atoms with Crippen molar-refractivity contribution in [1.82, 2.24) is 0 Å². The Bertz CT molecular complexity index is 739. The van der Waals surface area contributed by atoms with E-state index in [4.69, 9.17) is 8.92 Å². The highest BCUT2D eigenvalue weighted by atomic mass is 32.2. The van der Waals surface area contributed by atoms with Crippen LogP contribution in [0, 0.1) is 0 Å². The van der Waals surface area contributed by atoms with Gasteiger partial charge >= 0.3 is 0 Å². The molecule has 5 nitrogen and oxygen atoms in total. The molecule has 0 aliphatic heterocycles. The first-order chi connectivity index (χ1) is 9.80. The van der Waals surface area contributed by atoms with Crippen molar-refractivity contribution in [3.05, 3.63) is 42.0 Å². The first kappa shape index (κ1) is 15.8. The zero-order valence-corrected chi connectivity index (χ0v) is 12.9. The second-order valence-electron chi connectivity index (χ2n) is 4.92. The van der Waals surface area contributed by atoms with E-state index in [1.165, 1.54) is 6.92 Å². The van der Waals surface area contributed by atoms with Crippen LogP contribution < -0.4 is 4.74 Å². The fourth-order valence-electron chi connectivity index (χ4n) is 2.15. The average Bonchev–Trinajstić information content (AvgIpc) is 2.43. The number of aliphatic hydroxyl groups excluding tert-OH is 1. The Hall–Kier alpha value is -1.63. The van der Waals surface area contributed by atoms with Crippen molar-refractivity contribution in [2.75, 3.05) is 13.4 Å². The molecule has 0 heterocycles. The van der Waals surface area contributed by atoms with E-state index in [2.05, 4.69) is 0 Å². The molecular formula is C15H18O5S. The molecule has 0 saturated heterocycles. The fourth-order valence-corrected chi connectivity index (χ4v) is 2.81. The van der Waals surface area contributed by atoms with Gasteiger partial charge in [-0.2, -0.15) is 8.42 Å². The quantitative estimate of drug-likeness (QED) is 0.858. The van der Waals surface area contributed by atoms with Crippen molar-refractivity contribution in [1.29, 1.82) is 0 Å². The Balaban J connectivity index is 2.30. The van der Waals surface area contributed by atoms with Crippen LogP contribution in [0.2, 0.25) is 0 Å². The first-order valence-corrected chi connectivity index (χ1v) is 8.26. The standard InChI is InChI=1S/C15H18O5S/c1-10(20-21(3,17)18)15(16)13-5-4-12-9-14(19-2)7-6-11(12)8-13/h4-10,15-16H,1-3H3/t10-,15?/m0/s1. The van der Waals surface area contributed by atoms with Gasteiger partial charge < -0.3 is 9.84 Å². The zero-order valence-electron chi connectivity index (χ0n) is 12.1. The molecular weight excluding hydrogens is 292 g/mol. The van der Waals surface area contributed by atoms with E-state index in [0.29, 0.717) is 5.56 Å². The van der Waals surface area contributed by atoms with Crippen LogP contribution in [0.4, 0.5) is 0 Å². The zero-order chi connectivity index (χ0) is 15.6. The van der Waals surface area contributed by atoms with Crippen LogP contribution in [0.3, 0.4) is 0 Å². The minimum Gasteiger partial charge on any atom is -0.497 e. The molecule has 1 N–H and O–H groups in total. The fraction of sp³-hybridized carbons (Fsp3) is 0.333. The second kappa shape index (κ2) is 6.01. The van der Waals surface area contributed by atoms with Crippen molar-refractivity contribution in [3.63, 3.8) is 0 Å². The third-order valence-electron chi connectivity index (χ3n) is 3.18. The number of aliphatic hydroxyl groups is 1. The van der Waals surface area contributed by atoms with E-state index < -0.39 is 22.3 Å². The summed E-state index contributed by atoms with van der Waals surface area (Å²) < 4.78 is 32.2. The van der Waals surface area contributed by atoms with Crippen molar-refractivity contribution >= 4 is 20.9 Å². The van der Waals surface area contributed by atoms with Gasteiger partial charge in [0.15, 0.2) is 0 Å². The lowest BCUT2D eigenvalue weighted by atomic mass is 10.0. The molecule has 2 aromatic rings. The summed E-state index contributed by atoms with van der Waals surface area (Å²) in [4.78, 5) is 0. The molecule has 6 heteroatoms. The number of hydrogen-bond donors (Lipinski definition) is 1. The molecule has 2 rings (SSSR count). The Morgan fingerprint density at radius 3 is 2.33 bits per heavy atom. The number of rotatable bonds is 5. The van der Waals surface area contributed by atoms with Crippen molar-refractivity contribution in [3.8, 4) is 5.75 Å². The van der Waals surface area contributed by atoms with Crippen LogP contribution in [0.25, 0.3) is 10.8 Å². The highest BCUT2D eigenvalue weighted by molar-refractivity contribution is 7.86. The average molecular weight is 310 g/mol. The van der Waals surface area contributed by atoms with Crippen LogP contribution in [-0.4, -0.2) is 33.0 Å². The van der Waals surface area contributed by atoms with E-state index in [-0.39, 0.29) is 0 Å². The predicted molar refractivity (Wildman–Crippen MR) is 80.9 cm³/mol. The predicted octanol–water partition coefficient (Wildman–Crippen LogP) is 2.25. The molecule has 2 atom stereocenters. The van der Waals surface area contributed by atoms with Gasteiger partial charge in [0.05, 0.1) is 13.4 Å². The molecule has 0 amide bonds. The van der Waals surface area contributed by atoms with E-state index in [9.17, 15) is 13.5 Å². The van der Waals surface area contributed by atoms with Gasteiger partial charge in [0.1, 0.15) is 18.0 Å². The summed E-state index contributed by atoms with van der Waals surface area (Å²) >= 11 is 0. The summed E-state index contributed by atoms with van der Waals surface area (Å²) in [6, 6.07) is 11.0. The Kier molecular flexibility index (Phi) is 4.51. The molecule has 0 fully saturated rings. The highest BCUT2D eigenvalue weighted by Gasteiger charge is 2.21. The molecule has 114 valence electrons. The third kappa shape index (κ3) is 3.93. The number of fused-ring (bicyclic) bond motifs is 1. The summed E-state index contributed by atoms with van der Waals surface area (Å²) in [7, 11) is -2.00. The minimum absolute atomic E-state index is 0.601. The van der Waals surface area contributed by atoms with E-state index in [0.717, 1.165) is 22.8 Å². The Morgan fingerprint density at radius 2 is 1.71 bits per heavy atom. The van der Waals surface area contributed by atoms with Crippen molar-refractivity contribution < 1.29 is 22.4 Å². The topological polar surface area (TPSA) is 72.8 Å².